The maximum absolute atomic E-state index is 14.4. The van der Waals surface area contributed by atoms with E-state index in [0.717, 1.165) is 113 Å². The predicted octanol–water partition coefficient (Wildman–Crippen LogP) is 13.4. The molecule has 1 aliphatic carbocycles. The van der Waals surface area contributed by atoms with E-state index < -0.39 is 60.9 Å². The average molecular weight is 1590 g/mol. The van der Waals surface area contributed by atoms with E-state index in [1.165, 1.54) is 24.3 Å². The summed E-state index contributed by atoms with van der Waals surface area (Å²) in [6.07, 6.45) is 17.7. The van der Waals surface area contributed by atoms with Gasteiger partial charge in [-0.15, -0.1) is 4.57 Å². The van der Waals surface area contributed by atoms with Crippen LogP contribution < -0.4 is 45.9 Å². The van der Waals surface area contributed by atoms with Gasteiger partial charge in [0.1, 0.15) is 49.9 Å². The number of para-hydroxylation sites is 1. The summed E-state index contributed by atoms with van der Waals surface area (Å²) in [5.41, 5.74) is 11.8. The summed E-state index contributed by atoms with van der Waals surface area (Å²) < 4.78 is 77.0. The van der Waals surface area contributed by atoms with Gasteiger partial charge in [-0.05, 0) is 175 Å². The zero-order chi connectivity index (χ0) is 81.3. The van der Waals surface area contributed by atoms with Crippen molar-refractivity contribution in [2.24, 2.45) is 16.1 Å². The molecule has 8 aromatic rings. The van der Waals surface area contributed by atoms with Crippen LogP contribution in [0.1, 0.15) is 153 Å². The van der Waals surface area contributed by atoms with Crippen LogP contribution in [0.2, 0.25) is 0 Å². The molecule has 3 aliphatic rings. The number of carbonyl (C=O) groups is 5. The number of anilines is 3. The van der Waals surface area contributed by atoms with Gasteiger partial charge in [0.15, 0.2) is 5.71 Å². The molecule has 0 unspecified atom stereocenters. The highest BCUT2D eigenvalue weighted by Gasteiger charge is 2.45. The van der Waals surface area contributed by atoms with Gasteiger partial charge in [-0.25, -0.2) is 21.8 Å². The fourth-order valence-electron chi connectivity index (χ4n) is 15.7. The lowest BCUT2D eigenvalue weighted by molar-refractivity contribution is -0.538. The minimum atomic E-state index is -4.76. The second kappa shape index (κ2) is 37.9. The van der Waals surface area contributed by atoms with Crippen LogP contribution in [0.3, 0.4) is 0 Å². The zero-order valence-corrected chi connectivity index (χ0v) is 68.0. The van der Waals surface area contributed by atoms with Crippen molar-refractivity contribution in [3.05, 3.63) is 210 Å². The molecule has 5 N–H and O–H groups in total. The number of rotatable bonds is 36. The first-order chi connectivity index (χ1) is 54.7. The van der Waals surface area contributed by atoms with Gasteiger partial charge in [-0.1, -0.05) is 107 Å². The normalized spacial score (nSPS) is 15.7. The Balaban J connectivity index is 0.674. The predicted molar refractivity (Wildman–Crippen MR) is 444 cm³/mol. The molecular formula is C88H105N13O11S2. The summed E-state index contributed by atoms with van der Waals surface area (Å²) in [7, 11) is -7.47. The number of hydrogen-bond donors (Lipinski definition) is 5. The van der Waals surface area contributed by atoms with Crippen molar-refractivity contribution >= 4 is 112 Å². The first-order valence-electron chi connectivity index (χ1n) is 39.7. The van der Waals surface area contributed by atoms with E-state index in [2.05, 4.69) is 105 Å². The smallest absolute Gasteiger partial charge is 0.251 e. The lowest BCUT2D eigenvalue weighted by Gasteiger charge is -2.28. The highest BCUT2D eigenvalue weighted by Crippen LogP contribution is 2.49. The summed E-state index contributed by atoms with van der Waals surface area (Å²) in [6, 6.07) is 45.8. The Morgan fingerprint density at radius 3 is 1.91 bits per heavy atom. The van der Waals surface area contributed by atoms with E-state index in [9.17, 15) is 49.9 Å². The summed E-state index contributed by atoms with van der Waals surface area (Å²) in [6.45, 7) is 17.8. The summed E-state index contributed by atoms with van der Waals surface area (Å²) >= 11 is 0. The molecule has 11 rings (SSSR count). The number of unbranched alkanes of at least 4 members (excludes halogenated alkanes) is 2. The third-order valence-corrected chi connectivity index (χ3v) is 23.6. The molecule has 600 valence electrons. The third-order valence-electron chi connectivity index (χ3n) is 22.0. The third kappa shape index (κ3) is 20.8. The van der Waals surface area contributed by atoms with Crippen molar-refractivity contribution in [2.45, 2.75) is 165 Å². The number of carbonyl (C=O) groups excluding carboxylic acids is 5. The second-order valence-corrected chi connectivity index (χ2v) is 33.2. The minimum Gasteiger partial charge on any atom is -0.744 e. The van der Waals surface area contributed by atoms with Gasteiger partial charge in [0, 0.05) is 141 Å². The van der Waals surface area contributed by atoms with E-state index in [1.807, 2.05) is 133 Å². The molecule has 26 heteroatoms. The van der Waals surface area contributed by atoms with E-state index in [-0.39, 0.29) is 66.4 Å². The van der Waals surface area contributed by atoms with E-state index >= 15 is 0 Å². The van der Waals surface area contributed by atoms with Gasteiger partial charge in [0.25, 0.3) is 5.91 Å². The van der Waals surface area contributed by atoms with Crippen LogP contribution >= 0.6 is 0 Å². The first kappa shape index (κ1) is 84.1. The van der Waals surface area contributed by atoms with Crippen molar-refractivity contribution in [3.8, 4) is 5.69 Å². The molecule has 0 radical (unpaired) electrons. The van der Waals surface area contributed by atoms with Gasteiger partial charge in [0.2, 0.25) is 46.0 Å². The van der Waals surface area contributed by atoms with E-state index in [4.69, 9.17) is 4.98 Å². The van der Waals surface area contributed by atoms with Crippen molar-refractivity contribution in [3.63, 3.8) is 0 Å². The molecule has 0 spiro atoms. The fraction of sp³-hybridized carbons (Fsp3) is 0.386. The number of amides is 5. The topological polar surface area (TPSA) is 314 Å². The Morgan fingerprint density at radius 1 is 0.614 bits per heavy atom. The molecule has 5 amide bonds. The quantitative estimate of drug-likeness (QED) is 0.00609. The van der Waals surface area contributed by atoms with Crippen LogP contribution in [0.4, 0.5) is 34.1 Å². The number of aromatic nitrogens is 2. The number of benzene rings is 7. The van der Waals surface area contributed by atoms with Crippen LogP contribution in [-0.2, 0) is 50.2 Å². The summed E-state index contributed by atoms with van der Waals surface area (Å²) in [4.78, 5) is 80.0. The van der Waals surface area contributed by atoms with Crippen LogP contribution in [0.25, 0.3) is 27.8 Å². The van der Waals surface area contributed by atoms with Gasteiger partial charge in [0.05, 0.1) is 26.6 Å². The molecule has 2 atom stereocenters. The zero-order valence-electron chi connectivity index (χ0n) is 66.4. The number of fused-ring (bicyclic) bond motifs is 4. The van der Waals surface area contributed by atoms with Gasteiger partial charge >= 0.3 is 0 Å². The monoisotopic (exact) mass is 1580 g/mol. The summed E-state index contributed by atoms with van der Waals surface area (Å²) in [5.74, 6) is -1.71. The Labute approximate surface area is 669 Å². The highest BCUT2D eigenvalue weighted by atomic mass is 32.2. The standard InChI is InChI=1S/C88H105N13O11S2/c1-9-98(10-2)67-43-47-73-79(58-67)101(66-32-21-14-22-33-66)78-57-64(40-46-72(78)92-73)96-95-63-38-41-65(42-39-63)97(8)54-27-37-83(103)89-51-50-74(93-86(106)75(56-61-28-17-12-18-29-61)94-84(104)62-30-19-13-20-31-62)85(105)91-53-52-90-82(102)36-25-16-26-55-100-77-49-45-69(114(110,111)112)60-71(77)88(6,7)81(100)35-24-15-23-34-80-87(4,5)70-59-68(113(107,108)109)44-48-76(70)99(80)11-3/h13-15,19-24,30-35,38-49,57-61,74-75H,9-12,16-18,25-29,36-37,50-56H2,1-8H3,(H5-2,89,90,91,93,94,102,103,104,105,106,107,108,109,110,111,112)/t74-,75-/m0/s1. The molecule has 0 bridgehead atoms. The van der Waals surface area contributed by atoms with Crippen molar-refractivity contribution in [1.29, 1.82) is 0 Å². The fourth-order valence-corrected chi connectivity index (χ4v) is 16.7. The molecule has 3 heterocycles. The van der Waals surface area contributed by atoms with Crippen LogP contribution in [0, 0.1) is 5.92 Å². The Morgan fingerprint density at radius 2 is 1.23 bits per heavy atom. The number of azo groups is 1. The maximum atomic E-state index is 14.4. The molecule has 7 aromatic carbocycles. The van der Waals surface area contributed by atoms with E-state index in [0.29, 0.717) is 74.2 Å². The lowest BCUT2D eigenvalue weighted by Crippen LogP contribution is -2.55. The lowest BCUT2D eigenvalue weighted by atomic mass is 9.81. The molecule has 1 aromatic heterocycles. The average Bonchev–Trinajstić information content (AvgIpc) is 1.66. The number of hydrogen-bond acceptors (Lipinski definition) is 17. The van der Waals surface area contributed by atoms with Gasteiger partial charge in [-0.2, -0.15) is 14.8 Å². The Hall–Kier alpha value is -10.8. The molecule has 1 saturated carbocycles. The minimum absolute atomic E-state index is 0.0373. The second-order valence-electron chi connectivity index (χ2n) is 30.4. The first-order valence-corrected chi connectivity index (χ1v) is 42.5. The van der Waals surface area contributed by atoms with Crippen molar-refractivity contribution in [2.75, 3.05) is 74.1 Å². The maximum Gasteiger partial charge on any atom is 0.251 e. The molecule has 0 saturated heterocycles. The molecular weight excluding hydrogens is 1480 g/mol. The Kier molecular flexibility index (Phi) is 28.0. The highest BCUT2D eigenvalue weighted by molar-refractivity contribution is 7.86. The number of nitrogens with zero attached hydrogens (tertiary/aromatic N) is 8. The van der Waals surface area contributed by atoms with Gasteiger partial charge in [-0.3, -0.25) is 24.0 Å². The van der Waals surface area contributed by atoms with Crippen LogP contribution in [-0.4, -0.2) is 142 Å². The molecule has 24 nitrogen and oxygen atoms in total. The molecule has 2 aliphatic heterocycles. The van der Waals surface area contributed by atoms with E-state index in [1.54, 1.807) is 42.5 Å². The van der Waals surface area contributed by atoms with Crippen LogP contribution in [0.5, 0.6) is 0 Å². The summed E-state index contributed by atoms with van der Waals surface area (Å²) in [5, 5.41) is 23.9. The Bertz CT molecular complexity index is 5210. The van der Waals surface area contributed by atoms with Crippen LogP contribution in [0.15, 0.2) is 214 Å². The van der Waals surface area contributed by atoms with Crippen molar-refractivity contribution < 1.29 is 59.1 Å². The number of nitrogens with one attached hydrogen (secondary N) is 5. The molecule has 114 heavy (non-hydrogen) atoms. The number of allylic oxidation sites excluding steroid dienone is 6. The SMILES string of the molecule is CCN(CC)c1ccc2nc3ccc(N=Nc4ccc(N(C)CCCC(=O)NCC[C@H](NC(=O)[C@H](CC5CCCCC5)NC(=O)c5ccccc5)C(=O)NCCNC(=O)CCCCCN5\C(=C/C=C/C=C/C6=[N+](CC)c7ccc(S(=O)(=O)[O-])cc7C6(C)C)C(C)(C)c6cc(S(=O)(=O)[O-])ccc65)cc4)cc3[n+](-c3ccccc3)c2c1. The van der Waals surface area contributed by atoms with Crippen molar-refractivity contribution in [1.82, 2.24) is 31.6 Å². The molecule has 1 fully saturated rings. The van der Waals surface area contributed by atoms with Gasteiger partial charge < -0.3 is 50.4 Å². The largest absolute Gasteiger partial charge is 0.744 e.